The average molecular weight is 1720 g/mol. The topological polar surface area (TPSA) is 968 Å². The minimum absolute atomic E-state index is 0.0336. The van der Waals surface area contributed by atoms with E-state index in [0.717, 1.165) is 0 Å². The highest BCUT2D eigenvalue weighted by atomic mass is 32.1. The van der Waals surface area contributed by atoms with Crippen LogP contribution in [-0.4, -0.2) is 203 Å². The maximum atomic E-state index is 12.6. The number of thiol groups is 1. The van der Waals surface area contributed by atoms with Crippen LogP contribution in [0.15, 0.2) is 43.0 Å². The van der Waals surface area contributed by atoms with E-state index in [1.807, 2.05) is 11.4 Å². The van der Waals surface area contributed by atoms with Crippen molar-refractivity contribution in [1.29, 1.82) is 0 Å². The molecule has 2 aliphatic rings. The fourth-order valence-corrected chi connectivity index (χ4v) is 8.14. The van der Waals surface area contributed by atoms with Gasteiger partial charge in [0.1, 0.15) is 79.3 Å². The fourth-order valence-electron chi connectivity index (χ4n) is 6.90. The van der Waals surface area contributed by atoms with Gasteiger partial charge in [-0.15, -0.1) is 0 Å². The Hall–Kier alpha value is -7.37. The lowest BCUT2D eigenvalue weighted by Gasteiger charge is -2.33. The van der Waals surface area contributed by atoms with Crippen molar-refractivity contribution in [2.45, 2.75) is 98.6 Å². The van der Waals surface area contributed by atoms with E-state index in [-0.39, 0.29) is 30.4 Å². The molecule has 2 aliphatic heterocycles. The molecule has 0 bridgehead atoms. The van der Waals surface area contributed by atoms with E-state index in [0.29, 0.717) is 36.1 Å². The summed E-state index contributed by atoms with van der Waals surface area (Å²) < 4.78 is 55.8. The minimum Gasteiger partial charge on any atom is -0.790 e. The number of carbonyl (C=O) groups is 6. The molecule has 0 spiro atoms. The summed E-state index contributed by atoms with van der Waals surface area (Å²) in [4.78, 5) is 100. The molecule has 4 heterocycles. The molecule has 0 radical (unpaired) electrons. The maximum Gasteiger partial charge on any atom is 0.534 e. The number of rotatable bonds is 54. The maximum absolute atomic E-state index is 12.6. The largest absolute Gasteiger partial charge is 0.790 e. The monoisotopic (exact) mass is 1710 g/mol. The van der Waals surface area contributed by atoms with Gasteiger partial charge in [0.25, 0.3) is 0 Å². The lowest BCUT2D eigenvalue weighted by Crippen LogP contribution is -2.78. The molecule has 71 heteroatoms. The van der Waals surface area contributed by atoms with Gasteiger partial charge in [-0.05, 0) is 143 Å². The fraction of sp³-hybridized carbons (Fsp3) is 0.561. The molecule has 2 amide bonds. The van der Waals surface area contributed by atoms with Gasteiger partial charge in [0.2, 0.25) is 17.6 Å². The molecule has 22 N–H and O–H groups in total. The zero-order valence-electron chi connectivity index (χ0n) is 55.4. The van der Waals surface area contributed by atoms with Gasteiger partial charge in [-0.25, -0.2) is 24.8 Å². The van der Waals surface area contributed by atoms with Crippen LogP contribution in [0.4, 0.5) is 5.82 Å². The average Bonchev–Trinajstić information content (AvgIpc) is 1.63. The van der Waals surface area contributed by atoms with Crippen LogP contribution in [0.2, 0.25) is 0 Å². The van der Waals surface area contributed by atoms with Gasteiger partial charge in [0.05, 0.1) is 64.3 Å². The van der Waals surface area contributed by atoms with Crippen molar-refractivity contribution in [3.05, 3.63) is 48.5 Å². The molecule has 4 unspecified atom stereocenters. The summed E-state index contributed by atoms with van der Waals surface area (Å²) in [6.45, 7) is -3.33. The molecular formula is C41H64N12O56P2S-4. The quantitative estimate of drug-likeness (QED) is 0.00475. The van der Waals surface area contributed by atoms with Crippen LogP contribution in [0.1, 0.15) is 43.6 Å². The van der Waals surface area contributed by atoms with Crippen LogP contribution in [0.3, 0.4) is 0 Å². The number of hydrogen-bond donors (Lipinski definition) is 16. The van der Waals surface area contributed by atoms with Crippen LogP contribution in [0.25, 0.3) is 11.2 Å². The van der Waals surface area contributed by atoms with E-state index in [1.54, 1.807) is 24.3 Å². The number of phosphoric ester groups is 1. The SMILES string of the molecule is CO[C@@H](C(=O)[O-])c1ccccc1.NC(N)=[NH+]CCCC([NH3+])C(=O)[O-].Nc1ncnc2c1ncn2[C@@H]1O[C@H](CO)C(O)[C@@H]1O.O=P([O-])([O-])OC[C@@]1(O)O[C@@H](COP(=O)(OOOOOOOOOOOOOOO)OOOOOOOOOOOOOOO[O-])[C@@H](O)[C@H]1O.[NH3+][C@@H](CCC(=O)NC(CS)C(=O)NCC(=O)[O-])C(=O)[O-]. The summed E-state index contributed by atoms with van der Waals surface area (Å²) in [5.74, 6) is -9.19. The number of methoxy groups -OCH3 is 1. The van der Waals surface area contributed by atoms with Gasteiger partial charge < -0.3 is 136 Å². The molecule has 0 aliphatic carbocycles. The number of aliphatic hydroxyl groups excluding tert-OH is 5. The van der Waals surface area contributed by atoms with Gasteiger partial charge in [0.15, 0.2) is 17.7 Å². The summed E-state index contributed by atoms with van der Waals surface area (Å²) in [6, 6.07) is 5.98. The molecular weight excluding hydrogens is 1650 g/mol. The van der Waals surface area contributed by atoms with Crippen molar-refractivity contribution in [2.75, 3.05) is 51.5 Å². The number of nitrogens with one attached hydrogen (secondary N) is 3. The number of carboxylic acid groups (broad SMARTS) is 4. The Kier molecular flexibility index (Phi) is 53.6. The van der Waals surface area contributed by atoms with Crippen molar-refractivity contribution < 1.29 is 294 Å². The Labute approximate surface area is 620 Å². The number of anilines is 1. The third-order valence-corrected chi connectivity index (χ3v) is 13.5. The number of aliphatic carboxylic acids is 4. The summed E-state index contributed by atoms with van der Waals surface area (Å²) >= 11 is 3.86. The third-order valence-electron chi connectivity index (χ3n) is 11.7. The lowest BCUT2D eigenvalue weighted by atomic mass is 10.1. The third kappa shape index (κ3) is 43.8. The number of aromatic nitrogens is 4. The van der Waals surface area contributed by atoms with Gasteiger partial charge in [-0.1, -0.05) is 39.7 Å². The number of nitrogens with two attached hydrogens (primary N) is 3. The first-order chi connectivity index (χ1) is 53.2. The molecule has 2 aromatic heterocycles. The number of fused-ring (bicyclic) bond motifs is 1. The van der Waals surface area contributed by atoms with Crippen molar-refractivity contribution in [1.82, 2.24) is 30.2 Å². The first-order valence-electron chi connectivity index (χ1n) is 28.4. The van der Waals surface area contributed by atoms with E-state index >= 15 is 0 Å². The molecule has 2 fully saturated rings. The van der Waals surface area contributed by atoms with E-state index < -0.39 is 151 Å². The molecule has 3 aromatic rings. The standard InChI is InChI=1S/C10H13N5O4.C10H17N3O6S.C9H10O3.C6H14N4O2.C6H14O41P2/c11-8-5-9(13-2-12-8)15(3-14-5)10-7(18)6(17)4(1-16)19-10;11-5(10(18)19)1-2-7(14)13-6(4-20)9(17)12-3-8(15)16;1-12-8(9(10)11)7-5-3-2-4-6-7;7-4(5(11)12)2-1-3-10-6(8)9;7-4-3(18-6(9,5(4)8)2-17-48(12,13)14)1-16-49(15,46-44-42-40-38-36-34-32-30-28-26-24-22-20-11)47-45-43-41-39-37-35-33-31-29-27-25-23-21-19-10/h2-4,6-7,10,16-18H,1H2,(H2,11,12,13);5-6,20H,1-4,11H2,(H,12,17)(H,13,14)(H,15,16)(H,18,19);2-6,8H,1H3,(H,10,11);4H,1-3,7H2,(H,11,12)(H4,8,9,10);3-5,7-11H,1-2H2,(H2,12,13,14)/p-4/t4-,6?,7+,10-;5-,6?;8-;;3-,4+,5+,6+,49?/m101.0/s1. The molecule has 2 saturated heterocycles. The number of ether oxygens (including phenoxy) is 3. The predicted molar refractivity (Wildman–Crippen MR) is 292 cm³/mol. The van der Waals surface area contributed by atoms with Crippen molar-refractivity contribution in [2.24, 2.45) is 11.5 Å². The highest BCUT2D eigenvalue weighted by Gasteiger charge is 2.55. The summed E-state index contributed by atoms with van der Waals surface area (Å²) in [5, 5.41) is 213. The van der Waals surface area contributed by atoms with Gasteiger partial charge >= 0.3 is 13.8 Å². The van der Waals surface area contributed by atoms with Crippen LogP contribution in [0, 0.1) is 0 Å². The molecule has 0 saturated carbocycles. The first-order valence-corrected chi connectivity index (χ1v) is 32.0. The molecule has 68 nitrogen and oxygen atoms in total. The zero-order chi connectivity index (χ0) is 84.1. The summed E-state index contributed by atoms with van der Waals surface area (Å²) in [5.41, 5.74) is 23.9. The second-order valence-corrected chi connectivity index (χ2v) is 22.0. The second kappa shape index (κ2) is 58.5. The van der Waals surface area contributed by atoms with Crippen molar-refractivity contribution in [3.63, 3.8) is 0 Å². The number of carboxylic acids is 4. The Morgan fingerprint density at radius 3 is 1.67 bits per heavy atom. The highest BCUT2D eigenvalue weighted by molar-refractivity contribution is 7.80. The van der Waals surface area contributed by atoms with Crippen LogP contribution in [0.5, 0.6) is 0 Å². The Morgan fingerprint density at radius 2 is 1.22 bits per heavy atom. The van der Waals surface area contributed by atoms with Crippen LogP contribution >= 0.6 is 28.3 Å². The number of benzene rings is 1. The number of guanidine groups is 1. The van der Waals surface area contributed by atoms with Gasteiger partial charge in [0, 0.05) is 32.1 Å². The number of carbonyl (C=O) groups excluding carboxylic acids is 6. The summed E-state index contributed by atoms with van der Waals surface area (Å²) in [7, 11) is -9.83. The molecule has 644 valence electrons. The zero-order valence-corrected chi connectivity index (χ0v) is 58.1. The number of quaternary nitrogens is 2. The van der Waals surface area contributed by atoms with E-state index in [1.165, 1.54) is 24.3 Å². The number of nitrogen functional groups attached to an aromatic ring is 1. The summed E-state index contributed by atoms with van der Waals surface area (Å²) in [6.07, 6.45) is -7.99. The first kappa shape index (κ1) is 103. The van der Waals surface area contributed by atoms with Crippen LogP contribution < -0.4 is 79.8 Å². The van der Waals surface area contributed by atoms with E-state index in [4.69, 9.17) is 41.8 Å². The van der Waals surface area contributed by atoms with Crippen molar-refractivity contribution in [3.8, 4) is 0 Å². The van der Waals surface area contributed by atoms with E-state index in [9.17, 15) is 98.9 Å². The van der Waals surface area contributed by atoms with Crippen LogP contribution in [-0.2, 0) is 207 Å². The Bertz CT molecular complexity index is 3240. The molecule has 112 heavy (non-hydrogen) atoms. The number of aliphatic hydroxyl groups is 6. The smallest absolute Gasteiger partial charge is 0.534 e. The minimum atomic E-state index is -5.71. The normalized spacial score (nSPS) is 20.1. The Balaban J connectivity index is 0.000000806. The molecule has 5 rings (SSSR count). The van der Waals surface area contributed by atoms with Crippen molar-refractivity contribution >= 4 is 86.9 Å². The number of phosphoric acid groups is 2. The Morgan fingerprint density at radius 1 is 0.714 bits per heavy atom. The number of amides is 2. The highest BCUT2D eigenvalue weighted by Crippen LogP contribution is 2.51. The van der Waals surface area contributed by atoms with Gasteiger partial charge in [-0.3, -0.25) is 40.2 Å². The molecule has 13 atom stereocenters. The van der Waals surface area contributed by atoms with Gasteiger partial charge in [-0.2, -0.15) is 12.6 Å². The number of hydrogen-bond acceptors (Lipinski definition) is 61. The van der Waals surface area contributed by atoms with E-state index in [2.05, 4.69) is 204 Å². The number of imidazole rings is 1. The number of nitrogens with zero attached hydrogens (tertiary/aromatic N) is 4. The molecule has 1 aromatic carbocycles. The predicted octanol–water partition coefficient (Wildman–Crippen LogP) is -19.3. The lowest BCUT2D eigenvalue weighted by molar-refractivity contribution is -0.918. The second-order valence-electron chi connectivity index (χ2n) is 19.0.